The van der Waals surface area contributed by atoms with E-state index >= 15 is 0 Å². The first kappa shape index (κ1) is 16.4. The van der Waals surface area contributed by atoms with E-state index in [0.29, 0.717) is 23.6 Å². The molecule has 2 amide bonds. The number of nitrogens with zero attached hydrogens (tertiary/aromatic N) is 1. The SMILES string of the molecule is COc1cc(NC(=O)N2CCCCC2CCO)cc(OC)c1. The highest BCUT2D eigenvalue weighted by Gasteiger charge is 2.26. The molecule has 6 heteroatoms. The van der Waals surface area contributed by atoms with Crippen LogP contribution in [-0.4, -0.2) is 49.5 Å². The Hall–Kier alpha value is -1.95. The number of ether oxygens (including phenoxy) is 2. The van der Waals surface area contributed by atoms with Crippen molar-refractivity contribution in [2.45, 2.75) is 31.7 Å². The summed E-state index contributed by atoms with van der Waals surface area (Å²) in [7, 11) is 3.14. The molecular weight excluding hydrogens is 284 g/mol. The molecule has 6 nitrogen and oxygen atoms in total. The number of hydrogen-bond donors (Lipinski definition) is 2. The minimum atomic E-state index is -0.145. The van der Waals surface area contributed by atoms with Crippen molar-refractivity contribution in [3.63, 3.8) is 0 Å². The van der Waals surface area contributed by atoms with Gasteiger partial charge in [-0.2, -0.15) is 0 Å². The van der Waals surface area contributed by atoms with Gasteiger partial charge in [-0.05, 0) is 25.7 Å². The largest absolute Gasteiger partial charge is 0.497 e. The highest BCUT2D eigenvalue weighted by Crippen LogP contribution is 2.27. The molecule has 1 heterocycles. The van der Waals surface area contributed by atoms with E-state index in [-0.39, 0.29) is 18.7 Å². The molecule has 1 aromatic carbocycles. The maximum atomic E-state index is 12.5. The van der Waals surface area contributed by atoms with E-state index in [1.807, 2.05) is 4.90 Å². The Bertz CT molecular complexity index is 483. The lowest BCUT2D eigenvalue weighted by molar-refractivity contribution is 0.141. The van der Waals surface area contributed by atoms with Crippen molar-refractivity contribution in [2.24, 2.45) is 0 Å². The Balaban J connectivity index is 2.09. The molecule has 122 valence electrons. The summed E-state index contributed by atoms with van der Waals surface area (Å²) in [5.74, 6) is 1.25. The van der Waals surface area contributed by atoms with Crippen LogP contribution in [-0.2, 0) is 0 Å². The van der Waals surface area contributed by atoms with Gasteiger partial charge < -0.3 is 24.8 Å². The molecule has 2 N–H and O–H groups in total. The molecule has 1 unspecified atom stereocenters. The summed E-state index contributed by atoms with van der Waals surface area (Å²) in [5, 5.41) is 12.0. The van der Waals surface area contributed by atoms with E-state index in [0.717, 1.165) is 25.8 Å². The first-order valence-electron chi connectivity index (χ1n) is 7.59. The van der Waals surface area contributed by atoms with Crippen molar-refractivity contribution in [2.75, 3.05) is 32.7 Å². The quantitative estimate of drug-likeness (QED) is 0.876. The van der Waals surface area contributed by atoms with Crippen LogP contribution in [0, 0.1) is 0 Å². The number of rotatable bonds is 5. The summed E-state index contributed by atoms with van der Waals surface area (Å²) in [4.78, 5) is 14.3. The van der Waals surface area contributed by atoms with Crippen molar-refractivity contribution in [1.82, 2.24) is 4.90 Å². The summed E-state index contributed by atoms with van der Waals surface area (Å²) in [5.41, 5.74) is 0.634. The van der Waals surface area contributed by atoms with Gasteiger partial charge >= 0.3 is 6.03 Å². The molecule has 1 fully saturated rings. The standard InChI is InChI=1S/C16H24N2O4/c1-21-14-9-12(10-15(11-14)22-2)17-16(20)18-7-4-3-5-13(18)6-8-19/h9-11,13,19H,3-8H2,1-2H3,(H,17,20). The van der Waals surface area contributed by atoms with E-state index in [1.54, 1.807) is 32.4 Å². The van der Waals surface area contributed by atoms with E-state index in [1.165, 1.54) is 0 Å². The number of piperidine rings is 1. The van der Waals surface area contributed by atoms with Crippen molar-refractivity contribution in [3.8, 4) is 11.5 Å². The Morgan fingerprint density at radius 3 is 2.55 bits per heavy atom. The molecule has 0 aromatic heterocycles. The van der Waals surface area contributed by atoms with Crippen LogP contribution in [0.5, 0.6) is 11.5 Å². The van der Waals surface area contributed by atoms with Crippen LogP contribution in [0.15, 0.2) is 18.2 Å². The molecule has 1 atom stereocenters. The fourth-order valence-corrected chi connectivity index (χ4v) is 2.79. The number of benzene rings is 1. The van der Waals surface area contributed by atoms with E-state index in [2.05, 4.69) is 5.32 Å². The summed E-state index contributed by atoms with van der Waals surface area (Å²) in [6.07, 6.45) is 3.66. The average molecular weight is 308 g/mol. The van der Waals surface area contributed by atoms with Crippen LogP contribution in [0.25, 0.3) is 0 Å². The number of urea groups is 1. The smallest absolute Gasteiger partial charge is 0.322 e. The Kier molecular flexibility index (Phi) is 5.89. The number of carbonyl (C=O) groups is 1. The van der Waals surface area contributed by atoms with Crippen molar-refractivity contribution in [1.29, 1.82) is 0 Å². The average Bonchev–Trinajstić information content (AvgIpc) is 2.55. The maximum Gasteiger partial charge on any atom is 0.322 e. The molecule has 0 spiro atoms. The molecular formula is C16H24N2O4. The minimum Gasteiger partial charge on any atom is -0.497 e. The molecule has 1 aromatic rings. The van der Waals surface area contributed by atoms with Crippen LogP contribution >= 0.6 is 0 Å². The van der Waals surface area contributed by atoms with E-state index < -0.39 is 0 Å². The fraction of sp³-hybridized carbons (Fsp3) is 0.562. The molecule has 0 saturated carbocycles. The third-order valence-corrected chi connectivity index (χ3v) is 3.95. The van der Waals surface area contributed by atoms with Gasteiger partial charge in [-0.3, -0.25) is 0 Å². The zero-order chi connectivity index (χ0) is 15.9. The topological polar surface area (TPSA) is 71.0 Å². The first-order valence-corrected chi connectivity index (χ1v) is 7.59. The van der Waals surface area contributed by atoms with Crippen LogP contribution in [0.4, 0.5) is 10.5 Å². The number of aliphatic hydroxyl groups excluding tert-OH is 1. The van der Waals surface area contributed by atoms with Crippen molar-refractivity contribution in [3.05, 3.63) is 18.2 Å². The highest BCUT2D eigenvalue weighted by atomic mass is 16.5. The second-order valence-electron chi connectivity index (χ2n) is 5.39. The van der Waals surface area contributed by atoms with Crippen LogP contribution < -0.4 is 14.8 Å². The predicted octanol–water partition coefficient (Wildman–Crippen LogP) is 2.47. The molecule has 0 aliphatic carbocycles. The first-order chi connectivity index (χ1) is 10.7. The van der Waals surface area contributed by atoms with Gasteiger partial charge in [0.2, 0.25) is 0 Å². The zero-order valence-electron chi connectivity index (χ0n) is 13.2. The monoisotopic (exact) mass is 308 g/mol. The van der Waals surface area contributed by atoms with Gasteiger partial charge in [0.15, 0.2) is 0 Å². The molecule has 22 heavy (non-hydrogen) atoms. The van der Waals surface area contributed by atoms with E-state index in [9.17, 15) is 4.79 Å². The van der Waals surface area contributed by atoms with Gasteiger partial charge in [-0.25, -0.2) is 4.79 Å². The van der Waals surface area contributed by atoms with Gasteiger partial charge in [-0.1, -0.05) is 0 Å². The lowest BCUT2D eigenvalue weighted by atomic mass is 10.0. The van der Waals surface area contributed by atoms with Crippen LogP contribution in [0.2, 0.25) is 0 Å². The number of anilines is 1. The molecule has 1 aliphatic heterocycles. The normalized spacial score (nSPS) is 18.0. The summed E-state index contributed by atoms with van der Waals surface area (Å²) in [6.45, 7) is 0.818. The van der Waals surface area contributed by atoms with Gasteiger partial charge in [0.05, 0.1) is 14.2 Å². The van der Waals surface area contributed by atoms with Crippen molar-refractivity contribution >= 4 is 11.7 Å². The van der Waals surface area contributed by atoms with Gasteiger partial charge in [0.1, 0.15) is 11.5 Å². The molecule has 0 radical (unpaired) electrons. The lowest BCUT2D eigenvalue weighted by Crippen LogP contribution is -2.46. The zero-order valence-corrected chi connectivity index (χ0v) is 13.2. The van der Waals surface area contributed by atoms with Crippen LogP contribution in [0.3, 0.4) is 0 Å². The molecule has 1 saturated heterocycles. The third kappa shape index (κ3) is 4.04. The summed E-state index contributed by atoms with van der Waals surface area (Å²) < 4.78 is 10.4. The van der Waals surface area contributed by atoms with Gasteiger partial charge in [0.25, 0.3) is 0 Å². The minimum absolute atomic E-state index is 0.0986. The number of amides is 2. The number of nitrogens with one attached hydrogen (secondary N) is 1. The summed E-state index contributed by atoms with van der Waals surface area (Å²) in [6, 6.07) is 5.22. The second kappa shape index (κ2) is 7.89. The number of likely N-dealkylation sites (tertiary alicyclic amines) is 1. The van der Waals surface area contributed by atoms with Gasteiger partial charge in [0, 0.05) is 43.1 Å². The number of hydrogen-bond acceptors (Lipinski definition) is 4. The molecule has 2 rings (SSSR count). The molecule has 1 aliphatic rings. The Morgan fingerprint density at radius 2 is 1.95 bits per heavy atom. The summed E-state index contributed by atoms with van der Waals surface area (Å²) >= 11 is 0. The Labute approximate surface area is 131 Å². The maximum absolute atomic E-state index is 12.5. The fourth-order valence-electron chi connectivity index (χ4n) is 2.79. The third-order valence-electron chi connectivity index (χ3n) is 3.95. The second-order valence-corrected chi connectivity index (χ2v) is 5.39. The van der Waals surface area contributed by atoms with Crippen LogP contribution in [0.1, 0.15) is 25.7 Å². The number of methoxy groups -OCH3 is 2. The van der Waals surface area contributed by atoms with E-state index in [4.69, 9.17) is 14.6 Å². The number of carbonyl (C=O) groups excluding carboxylic acids is 1. The predicted molar refractivity (Wildman–Crippen MR) is 84.6 cm³/mol. The lowest BCUT2D eigenvalue weighted by Gasteiger charge is -2.35. The van der Waals surface area contributed by atoms with Gasteiger partial charge in [-0.15, -0.1) is 0 Å². The Morgan fingerprint density at radius 1 is 1.27 bits per heavy atom. The molecule has 0 bridgehead atoms. The van der Waals surface area contributed by atoms with Crippen molar-refractivity contribution < 1.29 is 19.4 Å². The number of aliphatic hydroxyl groups is 1. The highest BCUT2D eigenvalue weighted by molar-refractivity contribution is 5.90.